The topological polar surface area (TPSA) is 75.2 Å². The van der Waals surface area contributed by atoms with E-state index in [-0.39, 0.29) is 18.8 Å². The second-order valence-electron chi connectivity index (χ2n) is 5.55. The van der Waals surface area contributed by atoms with Gasteiger partial charge in [-0.05, 0) is 49.1 Å². The lowest BCUT2D eigenvalue weighted by atomic mass is 10.2. The SMILES string of the molecule is O=c1[nH]c(-c2ccc(OCCO)cc2)nc2sc3c(c12)CCC3. The first kappa shape index (κ1) is 14.4. The van der Waals surface area contributed by atoms with Gasteiger partial charge in [0.1, 0.15) is 23.0 Å². The second-order valence-corrected chi connectivity index (χ2v) is 6.63. The van der Waals surface area contributed by atoms with Crippen molar-refractivity contribution in [3.05, 3.63) is 45.1 Å². The van der Waals surface area contributed by atoms with Crippen molar-refractivity contribution >= 4 is 21.6 Å². The van der Waals surface area contributed by atoms with Crippen molar-refractivity contribution in [2.24, 2.45) is 0 Å². The first-order chi connectivity index (χ1) is 11.3. The number of aliphatic hydroxyl groups excluding tert-OH is 1. The summed E-state index contributed by atoms with van der Waals surface area (Å²) in [6.07, 6.45) is 3.17. The zero-order valence-corrected chi connectivity index (χ0v) is 13.3. The number of aryl methyl sites for hydroxylation is 2. The minimum Gasteiger partial charge on any atom is -0.491 e. The van der Waals surface area contributed by atoms with E-state index in [1.54, 1.807) is 11.3 Å². The first-order valence-corrected chi connectivity index (χ1v) is 8.46. The highest BCUT2D eigenvalue weighted by molar-refractivity contribution is 7.18. The molecule has 1 aliphatic rings. The summed E-state index contributed by atoms with van der Waals surface area (Å²) in [7, 11) is 0. The molecule has 6 heteroatoms. The Morgan fingerprint density at radius 2 is 2.09 bits per heavy atom. The largest absolute Gasteiger partial charge is 0.491 e. The summed E-state index contributed by atoms with van der Waals surface area (Å²) in [5, 5.41) is 9.54. The molecule has 4 rings (SSSR count). The summed E-state index contributed by atoms with van der Waals surface area (Å²) in [6.45, 7) is 0.247. The quantitative estimate of drug-likeness (QED) is 0.772. The molecule has 1 aromatic carbocycles. The van der Waals surface area contributed by atoms with Gasteiger partial charge in [-0.1, -0.05) is 0 Å². The van der Waals surface area contributed by atoms with Crippen molar-refractivity contribution < 1.29 is 9.84 Å². The number of aromatic amines is 1. The molecule has 5 nitrogen and oxygen atoms in total. The number of H-pyrrole nitrogens is 1. The van der Waals surface area contributed by atoms with Crippen LogP contribution >= 0.6 is 11.3 Å². The Kier molecular flexibility index (Phi) is 3.63. The minimum absolute atomic E-state index is 0.0175. The predicted octanol–water partition coefficient (Wildman–Crippen LogP) is 2.51. The van der Waals surface area contributed by atoms with Crippen LogP contribution in [0.1, 0.15) is 16.9 Å². The predicted molar refractivity (Wildman–Crippen MR) is 90.3 cm³/mol. The number of nitrogens with zero attached hydrogens (tertiary/aromatic N) is 1. The maximum atomic E-state index is 12.5. The average Bonchev–Trinajstić information content (AvgIpc) is 3.13. The van der Waals surface area contributed by atoms with Gasteiger partial charge in [-0.2, -0.15) is 0 Å². The normalized spacial score (nSPS) is 13.4. The summed E-state index contributed by atoms with van der Waals surface area (Å²) in [6, 6.07) is 7.34. The Bertz CT molecular complexity index is 912. The van der Waals surface area contributed by atoms with Crippen molar-refractivity contribution in [1.82, 2.24) is 9.97 Å². The third-order valence-electron chi connectivity index (χ3n) is 4.06. The third kappa shape index (κ3) is 2.54. The molecule has 0 fully saturated rings. The number of aromatic nitrogens is 2. The number of fused-ring (bicyclic) bond motifs is 3. The zero-order chi connectivity index (χ0) is 15.8. The number of benzene rings is 1. The first-order valence-electron chi connectivity index (χ1n) is 7.65. The smallest absolute Gasteiger partial charge is 0.260 e. The fraction of sp³-hybridized carbons (Fsp3) is 0.294. The van der Waals surface area contributed by atoms with Crippen LogP contribution in [0.3, 0.4) is 0 Å². The average molecular weight is 328 g/mol. The molecule has 0 atom stereocenters. The molecule has 2 aromatic heterocycles. The Balaban J connectivity index is 1.73. The maximum Gasteiger partial charge on any atom is 0.260 e. The van der Waals surface area contributed by atoms with Gasteiger partial charge in [0.25, 0.3) is 5.56 Å². The van der Waals surface area contributed by atoms with Crippen LogP contribution in [-0.2, 0) is 12.8 Å². The monoisotopic (exact) mass is 328 g/mol. The molecule has 2 N–H and O–H groups in total. The van der Waals surface area contributed by atoms with Crippen LogP contribution in [0.2, 0.25) is 0 Å². The molecule has 0 saturated carbocycles. The Morgan fingerprint density at radius 1 is 1.26 bits per heavy atom. The summed E-state index contributed by atoms with van der Waals surface area (Å²) in [5.74, 6) is 1.26. The van der Waals surface area contributed by atoms with E-state index in [2.05, 4.69) is 9.97 Å². The van der Waals surface area contributed by atoms with Crippen molar-refractivity contribution in [1.29, 1.82) is 0 Å². The van der Waals surface area contributed by atoms with Gasteiger partial charge in [0, 0.05) is 10.4 Å². The van der Waals surface area contributed by atoms with Crippen molar-refractivity contribution in [3.8, 4) is 17.1 Å². The van der Waals surface area contributed by atoms with Crippen LogP contribution in [-0.4, -0.2) is 28.3 Å². The summed E-state index contributed by atoms with van der Waals surface area (Å²) >= 11 is 1.64. The number of hydrogen-bond acceptors (Lipinski definition) is 5. The molecule has 0 aliphatic heterocycles. The van der Waals surface area contributed by atoms with Gasteiger partial charge in [0.2, 0.25) is 0 Å². The molecular weight excluding hydrogens is 312 g/mol. The highest BCUT2D eigenvalue weighted by Gasteiger charge is 2.21. The number of rotatable bonds is 4. The Hall–Kier alpha value is -2.18. The minimum atomic E-state index is -0.0509. The van der Waals surface area contributed by atoms with Crippen molar-refractivity contribution in [2.75, 3.05) is 13.2 Å². The van der Waals surface area contributed by atoms with Crippen LogP contribution < -0.4 is 10.3 Å². The molecule has 23 heavy (non-hydrogen) atoms. The summed E-state index contributed by atoms with van der Waals surface area (Å²) in [5.41, 5.74) is 1.98. The number of aliphatic hydroxyl groups is 1. The molecule has 2 heterocycles. The standard InChI is InChI=1S/C17H16N2O3S/c20-8-9-22-11-6-4-10(5-7-11)15-18-16(21)14-12-2-1-3-13(12)23-17(14)19-15/h4-7,20H,1-3,8-9H2,(H,18,19,21). The van der Waals surface area contributed by atoms with Crippen LogP contribution in [0.25, 0.3) is 21.6 Å². The summed E-state index contributed by atoms with van der Waals surface area (Å²) < 4.78 is 5.34. The van der Waals surface area contributed by atoms with Gasteiger partial charge < -0.3 is 14.8 Å². The molecule has 118 valence electrons. The fourth-order valence-electron chi connectivity index (χ4n) is 3.01. The maximum absolute atomic E-state index is 12.5. The molecule has 1 aliphatic carbocycles. The van der Waals surface area contributed by atoms with Crippen LogP contribution in [0.5, 0.6) is 5.75 Å². The molecular formula is C17H16N2O3S. The van der Waals surface area contributed by atoms with Gasteiger partial charge in [0.05, 0.1) is 12.0 Å². The molecule has 0 saturated heterocycles. The molecule has 0 spiro atoms. The summed E-state index contributed by atoms with van der Waals surface area (Å²) in [4.78, 5) is 22.1. The van der Waals surface area contributed by atoms with E-state index in [4.69, 9.17) is 9.84 Å². The van der Waals surface area contributed by atoms with E-state index in [1.807, 2.05) is 24.3 Å². The van der Waals surface area contributed by atoms with Gasteiger partial charge in [0.15, 0.2) is 0 Å². The fourth-order valence-corrected chi connectivity index (χ4v) is 4.27. The van der Waals surface area contributed by atoms with Gasteiger partial charge in [-0.25, -0.2) is 4.98 Å². The molecule has 0 bridgehead atoms. The Morgan fingerprint density at radius 3 is 2.87 bits per heavy atom. The lowest BCUT2D eigenvalue weighted by Gasteiger charge is -2.05. The lowest BCUT2D eigenvalue weighted by Crippen LogP contribution is -2.09. The van der Waals surface area contributed by atoms with E-state index in [0.717, 1.165) is 35.0 Å². The second kappa shape index (κ2) is 5.79. The molecule has 0 unspecified atom stereocenters. The number of ether oxygens (including phenoxy) is 1. The van der Waals surface area contributed by atoms with Crippen molar-refractivity contribution in [3.63, 3.8) is 0 Å². The van der Waals surface area contributed by atoms with E-state index in [1.165, 1.54) is 10.4 Å². The van der Waals surface area contributed by atoms with E-state index in [0.29, 0.717) is 11.6 Å². The Labute approximate surface area is 136 Å². The van der Waals surface area contributed by atoms with E-state index in [9.17, 15) is 4.79 Å². The van der Waals surface area contributed by atoms with Gasteiger partial charge in [-0.3, -0.25) is 4.79 Å². The number of hydrogen-bond donors (Lipinski definition) is 2. The van der Waals surface area contributed by atoms with Crippen LogP contribution in [0, 0.1) is 0 Å². The zero-order valence-electron chi connectivity index (χ0n) is 12.5. The number of thiophene rings is 1. The third-order valence-corrected chi connectivity index (χ3v) is 5.25. The van der Waals surface area contributed by atoms with Crippen LogP contribution in [0.15, 0.2) is 29.1 Å². The van der Waals surface area contributed by atoms with Crippen molar-refractivity contribution in [2.45, 2.75) is 19.3 Å². The highest BCUT2D eigenvalue weighted by Crippen LogP contribution is 2.35. The van der Waals surface area contributed by atoms with Gasteiger partial charge in [-0.15, -0.1) is 11.3 Å². The van der Waals surface area contributed by atoms with E-state index >= 15 is 0 Å². The molecule has 3 aromatic rings. The molecule has 0 radical (unpaired) electrons. The number of nitrogens with one attached hydrogen (secondary N) is 1. The van der Waals surface area contributed by atoms with Crippen LogP contribution in [0.4, 0.5) is 0 Å². The van der Waals surface area contributed by atoms with E-state index < -0.39 is 0 Å². The van der Waals surface area contributed by atoms with Gasteiger partial charge >= 0.3 is 0 Å². The molecule has 0 amide bonds. The highest BCUT2D eigenvalue weighted by atomic mass is 32.1. The lowest BCUT2D eigenvalue weighted by molar-refractivity contribution is 0.201.